The molecule has 70 valence electrons. The summed E-state index contributed by atoms with van der Waals surface area (Å²) in [5.74, 6) is 0. The highest BCUT2D eigenvalue weighted by molar-refractivity contribution is 7.80. The molecular weight excluding hydrogens is 204 g/mol. The normalized spacial score (nSPS) is 9.77. The first-order valence-electron chi connectivity index (χ1n) is 3.79. The van der Waals surface area contributed by atoms with Crippen molar-refractivity contribution in [2.75, 3.05) is 19.0 Å². The van der Waals surface area contributed by atoms with Gasteiger partial charge in [0.15, 0.2) is 0 Å². The molecule has 0 aliphatic rings. The molecule has 0 atom stereocenters. The summed E-state index contributed by atoms with van der Waals surface area (Å²) in [5.41, 5.74) is 7.23. The number of anilines is 1. The number of nitrogens with two attached hydrogens (primary N) is 1. The number of hydrogen-bond acceptors (Lipinski definition) is 2. The van der Waals surface area contributed by atoms with Crippen LogP contribution in [0.25, 0.3) is 0 Å². The fourth-order valence-electron chi connectivity index (χ4n) is 0.982. The van der Waals surface area contributed by atoms with Crippen LogP contribution >= 0.6 is 23.8 Å². The molecule has 4 heteroatoms. The van der Waals surface area contributed by atoms with E-state index in [4.69, 9.17) is 29.6 Å². The van der Waals surface area contributed by atoms with Crippen LogP contribution in [0.1, 0.15) is 5.56 Å². The Kier molecular flexibility index (Phi) is 3.12. The molecule has 2 N–H and O–H groups in total. The van der Waals surface area contributed by atoms with Crippen molar-refractivity contribution in [1.82, 2.24) is 0 Å². The topological polar surface area (TPSA) is 29.3 Å². The van der Waals surface area contributed by atoms with Crippen LogP contribution in [0.5, 0.6) is 0 Å². The second-order valence-corrected chi connectivity index (χ2v) is 3.77. The summed E-state index contributed by atoms with van der Waals surface area (Å²) in [7, 11) is 3.90. The summed E-state index contributed by atoms with van der Waals surface area (Å²) in [5, 5.41) is 0.596. The lowest BCUT2D eigenvalue weighted by molar-refractivity contribution is 1.13. The van der Waals surface area contributed by atoms with Crippen LogP contribution in [0.15, 0.2) is 18.2 Å². The minimum atomic E-state index is 0.329. The van der Waals surface area contributed by atoms with Gasteiger partial charge in [-0.05, 0) is 18.2 Å². The maximum atomic E-state index is 5.97. The zero-order chi connectivity index (χ0) is 10.0. The highest BCUT2D eigenvalue weighted by Gasteiger charge is 2.04. The Balaban J connectivity index is 3.13. The molecule has 0 bridgehead atoms. The zero-order valence-corrected chi connectivity index (χ0v) is 9.12. The highest BCUT2D eigenvalue weighted by Crippen LogP contribution is 2.22. The molecule has 0 spiro atoms. The summed E-state index contributed by atoms with van der Waals surface area (Å²) in [6.07, 6.45) is 0. The number of rotatable bonds is 2. The highest BCUT2D eigenvalue weighted by atomic mass is 35.5. The zero-order valence-electron chi connectivity index (χ0n) is 7.54. The second-order valence-electron chi connectivity index (χ2n) is 2.92. The van der Waals surface area contributed by atoms with Gasteiger partial charge in [0.2, 0.25) is 0 Å². The van der Waals surface area contributed by atoms with Crippen molar-refractivity contribution in [2.45, 2.75) is 0 Å². The molecule has 1 aromatic carbocycles. The molecule has 0 amide bonds. The van der Waals surface area contributed by atoms with Gasteiger partial charge in [0.05, 0.1) is 5.02 Å². The molecule has 2 nitrogen and oxygen atoms in total. The van der Waals surface area contributed by atoms with Crippen LogP contribution in [-0.4, -0.2) is 19.1 Å². The van der Waals surface area contributed by atoms with Crippen LogP contribution in [0.2, 0.25) is 5.02 Å². The Morgan fingerprint density at radius 1 is 1.46 bits per heavy atom. The molecular formula is C9H11ClN2S. The molecule has 1 rings (SSSR count). The minimum Gasteiger partial charge on any atom is -0.389 e. The van der Waals surface area contributed by atoms with E-state index in [2.05, 4.69) is 0 Å². The molecule has 0 radical (unpaired) electrons. The first-order valence-corrected chi connectivity index (χ1v) is 4.57. The van der Waals surface area contributed by atoms with Crippen molar-refractivity contribution in [3.8, 4) is 0 Å². The molecule has 0 fully saturated rings. The Morgan fingerprint density at radius 3 is 2.46 bits per heavy atom. The van der Waals surface area contributed by atoms with Gasteiger partial charge < -0.3 is 10.6 Å². The van der Waals surface area contributed by atoms with Gasteiger partial charge in [0.25, 0.3) is 0 Å². The lowest BCUT2D eigenvalue weighted by Gasteiger charge is -2.13. The van der Waals surface area contributed by atoms with E-state index in [0.29, 0.717) is 10.0 Å². The number of hydrogen-bond donors (Lipinski definition) is 1. The second kappa shape index (κ2) is 3.94. The van der Waals surface area contributed by atoms with Crippen molar-refractivity contribution < 1.29 is 0 Å². The van der Waals surface area contributed by atoms with E-state index in [1.165, 1.54) is 0 Å². The van der Waals surface area contributed by atoms with Gasteiger partial charge >= 0.3 is 0 Å². The van der Waals surface area contributed by atoms with E-state index >= 15 is 0 Å². The Bertz CT molecular complexity index is 336. The smallest absolute Gasteiger partial charge is 0.105 e. The van der Waals surface area contributed by atoms with Gasteiger partial charge in [-0.25, -0.2) is 0 Å². The molecule has 13 heavy (non-hydrogen) atoms. The maximum Gasteiger partial charge on any atom is 0.105 e. The molecule has 0 saturated heterocycles. The van der Waals surface area contributed by atoms with Gasteiger partial charge in [-0.15, -0.1) is 0 Å². The van der Waals surface area contributed by atoms with Crippen LogP contribution in [-0.2, 0) is 0 Å². The average Bonchev–Trinajstić information content (AvgIpc) is 2.03. The Labute approximate surface area is 88.3 Å². The Hall–Kier alpha value is -0.800. The molecule has 0 aliphatic carbocycles. The SMILES string of the molecule is CN(C)c1ccc(C(N)=S)c(Cl)c1. The number of nitrogens with zero attached hydrogens (tertiary/aromatic N) is 1. The van der Waals surface area contributed by atoms with E-state index in [1.54, 1.807) is 0 Å². The van der Waals surface area contributed by atoms with Crippen molar-refractivity contribution in [3.63, 3.8) is 0 Å². The molecule has 0 unspecified atom stereocenters. The van der Waals surface area contributed by atoms with Gasteiger partial charge in [0, 0.05) is 25.3 Å². The first-order chi connectivity index (χ1) is 6.02. The summed E-state index contributed by atoms with van der Waals surface area (Å²) in [6, 6.07) is 5.61. The van der Waals surface area contributed by atoms with Crippen molar-refractivity contribution >= 4 is 34.5 Å². The molecule has 0 saturated carbocycles. The standard InChI is InChI=1S/C9H11ClN2S/c1-12(2)6-3-4-7(9(11)13)8(10)5-6/h3-5H,1-2H3,(H2,11,13). The summed E-state index contributed by atoms with van der Waals surface area (Å²) >= 11 is 10.8. The van der Waals surface area contributed by atoms with Crippen molar-refractivity contribution in [3.05, 3.63) is 28.8 Å². The molecule has 0 aromatic heterocycles. The molecule has 0 heterocycles. The monoisotopic (exact) mass is 214 g/mol. The van der Waals surface area contributed by atoms with Crippen LogP contribution in [0, 0.1) is 0 Å². The lowest BCUT2D eigenvalue weighted by Crippen LogP contribution is -2.12. The van der Waals surface area contributed by atoms with Crippen molar-refractivity contribution in [1.29, 1.82) is 0 Å². The summed E-state index contributed by atoms with van der Waals surface area (Å²) in [4.78, 5) is 2.30. The quantitative estimate of drug-likeness (QED) is 0.765. The Morgan fingerprint density at radius 2 is 2.08 bits per heavy atom. The number of benzene rings is 1. The average molecular weight is 215 g/mol. The minimum absolute atomic E-state index is 0.329. The largest absolute Gasteiger partial charge is 0.389 e. The van der Waals surface area contributed by atoms with E-state index in [1.807, 2.05) is 37.2 Å². The van der Waals surface area contributed by atoms with E-state index in [0.717, 1.165) is 11.3 Å². The summed E-state index contributed by atoms with van der Waals surface area (Å²) < 4.78 is 0. The third kappa shape index (κ3) is 2.32. The molecule has 1 aromatic rings. The fraction of sp³-hybridized carbons (Fsp3) is 0.222. The van der Waals surface area contributed by atoms with Crippen LogP contribution < -0.4 is 10.6 Å². The predicted molar refractivity (Wildman–Crippen MR) is 61.7 cm³/mol. The molecule has 0 aliphatic heterocycles. The lowest BCUT2D eigenvalue weighted by atomic mass is 10.2. The van der Waals surface area contributed by atoms with Gasteiger partial charge in [0.1, 0.15) is 4.99 Å². The van der Waals surface area contributed by atoms with Gasteiger partial charge in [-0.2, -0.15) is 0 Å². The first kappa shape index (κ1) is 10.3. The fourth-order valence-corrected chi connectivity index (χ4v) is 1.49. The third-order valence-corrected chi connectivity index (χ3v) is 2.27. The van der Waals surface area contributed by atoms with E-state index < -0.39 is 0 Å². The number of halogens is 1. The maximum absolute atomic E-state index is 5.97. The van der Waals surface area contributed by atoms with Crippen LogP contribution in [0.4, 0.5) is 5.69 Å². The van der Waals surface area contributed by atoms with E-state index in [9.17, 15) is 0 Å². The van der Waals surface area contributed by atoms with Gasteiger partial charge in [-0.1, -0.05) is 23.8 Å². The van der Waals surface area contributed by atoms with E-state index in [-0.39, 0.29) is 0 Å². The van der Waals surface area contributed by atoms with Gasteiger partial charge in [-0.3, -0.25) is 0 Å². The third-order valence-electron chi connectivity index (χ3n) is 1.73. The van der Waals surface area contributed by atoms with Crippen molar-refractivity contribution in [2.24, 2.45) is 5.73 Å². The number of thiocarbonyl (C=S) groups is 1. The predicted octanol–water partition coefficient (Wildman–Crippen LogP) is 2.04. The summed E-state index contributed by atoms with van der Waals surface area (Å²) in [6.45, 7) is 0. The van der Waals surface area contributed by atoms with Crippen LogP contribution in [0.3, 0.4) is 0 Å².